The van der Waals surface area contributed by atoms with Gasteiger partial charge in [0.05, 0.1) is 0 Å². The van der Waals surface area contributed by atoms with Crippen molar-refractivity contribution in [2.75, 3.05) is 24.6 Å². The molecule has 0 amide bonds. The lowest BCUT2D eigenvalue weighted by atomic mass is 10.6. The van der Waals surface area contributed by atoms with Crippen molar-refractivity contribution in [3.63, 3.8) is 0 Å². The number of rotatable bonds is 0. The number of hydrogen-bond acceptors (Lipinski definition) is 3. The maximum absolute atomic E-state index is 8.36. The highest BCUT2D eigenvalue weighted by Gasteiger charge is 1.93. The van der Waals surface area contributed by atoms with Crippen LogP contribution in [0.5, 0.6) is 0 Å². The maximum Gasteiger partial charge on any atom is 0.290 e. The molecule has 1 aliphatic rings. The molecule has 54 valence electrons. The Morgan fingerprint density at radius 1 is 1.44 bits per heavy atom. The summed E-state index contributed by atoms with van der Waals surface area (Å²) in [5.41, 5.74) is 0. The fourth-order valence-electron chi connectivity index (χ4n) is 0.516. The Morgan fingerprint density at radius 2 is 1.89 bits per heavy atom. The van der Waals surface area contributed by atoms with E-state index in [9.17, 15) is 0 Å². The van der Waals surface area contributed by atoms with E-state index in [1.165, 1.54) is 24.6 Å². The molecule has 0 radical (unpaired) electrons. The largest absolute Gasteiger partial charge is 0.483 e. The first-order valence-corrected chi connectivity index (χ1v) is 3.93. The highest BCUT2D eigenvalue weighted by atomic mass is 32.2. The summed E-state index contributed by atoms with van der Waals surface area (Å²) in [4.78, 5) is 8.36. The van der Waals surface area contributed by atoms with E-state index in [0.29, 0.717) is 0 Å². The summed E-state index contributed by atoms with van der Waals surface area (Å²) in [5, 5.41) is 10.2. The Kier molecular flexibility index (Phi) is 7.59. The third-order valence-corrected chi connectivity index (χ3v) is 1.83. The number of nitrogens with one attached hydrogen (secondary N) is 1. The van der Waals surface area contributed by atoms with E-state index < -0.39 is 0 Å². The van der Waals surface area contributed by atoms with Crippen LogP contribution >= 0.6 is 11.8 Å². The Morgan fingerprint density at radius 3 is 2.00 bits per heavy atom. The van der Waals surface area contributed by atoms with Gasteiger partial charge in [0.1, 0.15) is 0 Å². The van der Waals surface area contributed by atoms with Crippen LogP contribution in [0, 0.1) is 0 Å². The van der Waals surface area contributed by atoms with Crippen LogP contribution in [0.15, 0.2) is 0 Å². The van der Waals surface area contributed by atoms with Crippen LogP contribution in [0.4, 0.5) is 0 Å². The highest BCUT2D eigenvalue weighted by molar-refractivity contribution is 7.99. The second-order valence-corrected chi connectivity index (χ2v) is 2.69. The van der Waals surface area contributed by atoms with E-state index in [4.69, 9.17) is 9.90 Å². The third-order valence-electron chi connectivity index (χ3n) is 0.846. The monoisotopic (exact) mass is 149 g/mol. The first kappa shape index (κ1) is 8.78. The molecule has 1 rings (SSSR count). The zero-order valence-corrected chi connectivity index (χ0v) is 5.99. The van der Waals surface area contributed by atoms with Gasteiger partial charge in [-0.3, -0.25) is 4.79 Å². The van der Waals surface area contributed by atoms with Crippen LogP contribution in [0.1, 0.15) is 0 Å². The molecule has 9 heavy (non-hydrogen) atoms. The molecule has 2 N–H and O–H groups in total. The fraction of sp³-hybridized carbons (Fsp3) is 0.800. The molecule has 0 aromatic rings. The molecule has 3 nitrogen and oxygen atoms in total. The van der Waals surface area contributed by atoms with Crippen molar-refractivity contribution in [2.45, 2.75) is 0 Å². The molecule has 1 aliphatic heterocycles. The van der Waals surface area contributed by atoms with E-state index >= 15 is 0 Å². The molecule has 0 aromatic heterocycles. The highest BCUT2D eigenvalue weighted by Crippen LogP contribution is 1.99. The van der Waals surface area contributed by atoms with Gasteiger partial charge in [0.25, 0.3) is 6.47 Å². The molecule has 1 heterocycles. The van der Waals surface area contributed by atoms with E-state index in [1.54, 1.807) is 0 Å². The van der Waals surface area contributed by atoms with Crippen molar-refractivity contribution in [3.8, 4) is 0 Å². The van der Waals surface area contributed by atoms with Crippen LogP contribution < -0.4 is 5.32 Å². The molecule has 0 aromatic carbocycles. The van der Waals surface area contributed by atoms with Crippen molar-refractivity contribution in [2.24, 2.45) is 0 Å². The predicted molar refractivity (Wildman–Crippen MR) is 38.9 cm³/mol. The summed E-state index contributed by atoms with van der Waals surface area (Å²) >= 11 is 2.03. The summed E-state index contributed by atoms with van der Waals surface area (Å²) in [6.45, 7) is 2.18. The van der Waals surface area contributed by atoms with Gasteiger partial charge in [0.15, 0.2) is 0 Å². The van der Waals surface area contributed by atoms with Gasteiger partial charge in [-0.2, -0.15) is 11.8 Å². The normalized spacial score (nSPS) is 17.3. The SMILES string of the molecule is C1CSCCN1.O=CO. The molecule has 0 aliphatic carbocycles. The first-order chi connectivity index (χ1) is 4.41. The Balaban J connectivity index is 0.000000187. The number of carboxylic acid groups (broad SMARTS) is 1. The minimum Gasteiger partial charge on any atom is -0.483 e. The zero-order chi connectivity index (χ0) is 6.95. The van der Waals surface area contributed by atoms with Crippen LogP contribution in [-0.2, 0) is 4.79 Å². The van der Waals surface area contributed by atoms with Gasteiger partial charge in [0, 0.05) is 24.6 Å². The molecule has 1 fully saturated rings. The molecule has 0 unspecified atom stereocenters. The minimum atomic E-state index is -0.250. The standard InChI is InChI=1S/C4H9NS.CH2O2/c1-3-6-4-2-5-1;2-1-3/h5H,1-4H2;1H,(H,2,3). The smallest absolute Gasteiger partial charge is 0.290 e. The summed E-state index contributed by atoms with van der Waals surface area (Å²) < 4.78 is 0. The summed E-state index contributed by atoms with van der Waals surface area (Å²) in [6, 6.07) is 0. The Hall–Kier alpha value is -0.220. The van der Waals surface area contributed by atoms with Gasteiger partial charge >= 0.3 is 0 Å². The lowest BCUT2D eigenvalue weighted by Gasteiger charge is -2.08. The van der Waals surface area contributed by atoms with E-state index in [0.717, 1.165) is 0 Å². The van der Waals surface area contributed by atoms with Gasteiger partial charge in [-0.1, -0.05) is 0 Å². The van der Waals surface area contributed by atoms with E-state index in [2.05, 4.69) is 5.32 Å². The van der Waals surface area contributed by atoms with Crippen molar-refractivity contribution in [1.82, 2.24) is 5.32 Å². The molecule has 0 spiro atoms. The van der Waals surface area contributed by atoms with Crippen LogP contribution in [0.2, 0.25) is 0 Å². The quantitative estimate of drug-likeness (QED) is 0.477. The molecule has 1 saturated heterocycles. The first-order valence-electron chi connectivity index (χ1n) is 2.78. The van der Waals surface area contributed by atoms with Gasteiger partial charge < -0.3 is 10.4 Å². The van der Waals surface area contributed by atoms with Gasteiger partial charge in [-0.05, 0) is 0 Å². The number of carbonyl (C=O) groups is 1. The maximum atomic E-state index is 8.36. The van der Waals surface area contributed by atoms with Crippen molar-refractivity contribution < 1.29 is 9.90 Å². The second kappa shape index (κ2) is 7.78. The van der Waals surface area contributed by atoms with Crippen LogP contribution in [0.25, 0.3) is 0 Å². The van der Waals surface area contributed by atoms with Crippen molar-refractivity contribution >= 4 is 18.2 Å². The average Bonchev–Trinajstić information content (AvgIpc) is 1.93. The Bertz CT molecular complexity index is 54.5. The summed E-state index contributed by atoms with van der Waals surface area (Å²) in [5.74, 6) is 2.61. The van der Waals surface area contributed by atoms with Gasteiger partial charge in [0.2, 0.25) is 0 Å². The summed E-state index contributed by atoms with van der Waals surface area (Å²) in [6.07, 6.45) is 0. The van der Waals surface area contributed by atoms with Crippen LogP contribution in [-0.4, -0.2) is 36.2 Å². The van der Waals surface area contributed by atoms with E-state index in [-0.39, 0.29) is 6.47 Å². The molecule has 0 bridgehead atoms. The predicted octanol–water partition coefficient (Wildman–Crippen LogP) is 0.0236. The lowest BCUT2D eigenvalue weighted by molar-refractivity contribution is -0.122. The van der Waals surface area contributed by atoms with Gasteiger partial charge in [-0.15, -0.1) is 0 Å². The Labute approximate surface area is 58.8 Å². The van der Waals surface area contributed by atoms with E-state index in [1.807, 2.05) is 11.8 Å². The lowest BCUT2D eigenvalue weighted by Crippen LogP contribution is -2.24. The molecular weight excluding hydrogens is 138 g/mol. The molecule has 4 heteroatoms. The zero-order valence-electron chi connectivity index (χ0n) is 5.17. The average molecular weight is 149 g/mol. The minimum absolute atomic E-state index is 0.250. The number of hydrogen-bond donors (Lipinski definition) is 2. The summed E-state index contributed by atoms with van der Waals surface area (Å²) in [7, 11) is 0. The van der Waals surface area contributed by atoms with Crippen LogP contribution in [0.3, 0.4) is 0 Å². The van der Waals surface area contributed by atoms with Crippen molar-refractivity contribution in [1.29, 1.82) is 0 Å². The molecule has 0 atom stereocenters. The second-order valence-electron chi connectivity index (χ2n) is 1.47. The number of thioether (sulfide) groups is 1. The van der Waals surface area contributed by atoms with Gasteiger partial charge in [-0.25, -0.2) is 0 Å². The molecular formula is C5H11NO2S. The topological polar surface area (TPSA) is 49.3 Å². The van der Waals surface area contributed by atoms with Crippen molar-refractivity contribution in [3.05, 3.63) is 0 Å². The molecule has 0 saturated carbocycles. The fourth-order valence-corrected chi connectivity index (χ4v) is 1.30. The third kappa shape index (κ3) is 7.78.